The number of fused-ring (bicyclic) bond motifs is 7. The van der Waals surface area contributed by atoms with Gasteiger partial charge < -0.3 is 14.9 Å². The number of nitrogens with two attached hydrogens (primary N) is 1. The predicted molar refractivity (Wildman–Crippen MR) is 207 cm³/mol. The molecule has 9 aromatic rings. The first-order valence-corrected chi connectivity index (χ1v) is 16.5. The Morgan fingerprint density at radius 2 is 0.878 bits per heavy atom. The van der Waals surface area contributed by atoms with Crippen molar-refractivity contribution in [1.82, 2.24) is 9.13 Å². The molecule has 0 fully saturated rings. The van der Waals surface area contributed by atoms with Crippen molar-refractivity contribution in [3.05, 3.63) is 193 Å². The standard InChI is InChI=1S/C45H32N4/c46-45(33-16-6-2-7-17-33)47-40(32-14-4-1-5-15-32)30-31-24-26-35(27-25-31)49-42-23-13-11-21-37(42)39-29-28-38-36-20-10-12-22-41(36)48(43(38)44(39)49)34-18-8-3-9-19-34/h1-30H,(H2,46,47)/b40-30+. The SMILES string of the molecule is N/C(=N\C(=C\c1ccc(-n2c3ccccc3c3ccc4c5ccccc5n(-c5ccccc5)c4c32)cc1)c1ccccc1)c1ccccc1. The van der Waals surface area contributed by atoms with Gasteiger partial charge in [0.25, 0.3) is 0 Å². The van der Waals surface area contributed by atoms with E-state index < -0.39 is 0 Å². The van der Waals surface area contributed by atoms with Crippen LogP contribution in [0.3, 0.4) is 0 Å². The molecule has 0 aliphatic carbocycles. The lowest BCUT2D eigenvalue weighted by Gasteiger charge is -2.13. The number of rotatable bonds is 6. The van der Waals surface area contributed by atoms with Crippen LogP contribution in [0.2, 0.25) is 0 Å². The molecule has 2 aromatic heterocycles. The Bertz CT molecular complexity index is 2680. The third-order valence-electron chi connectivity index (χ3n) is 9.32. The number of hydrogen-bond donors (Lipinski definition) is 1. The predicted octanol–water partition coefficient (Wildman–Crippen LogP) is 10.8. The Labute approximate surface area is 284 Å². The van der Waals surface area contributed by atoms with E-state index in [1.807, 2.05) is 48.5 Å². The Morgan fingerprint density at radius 1 is 0.429 bits per heavy atom. The van der Waals surface area contributed by atoms with E-state index in [-0.39, 0.29) is 0 Å². The van der Waals surface area contributed by atoms with Crippen molar-refractivity contribution in [3.63, 3.8) is 0 Å². The van der Waals surface area contributed by atoms with Crippen molar-refractivity contribution in [2.24, 2.45) is 10.7 Å². The van der Waals surface area contributed by atoms with Gasteiger partial charge in [-0.05, 0) is 48.0 Å². The van der Waals surface area contributed by atoms with E-state index in [0.29, 0.717) is 5.84 Å². The van der Waals surface area contributed by atoms with E-state index in [1.165, 1.54) is 43.6 Å². The fourth-order valence-electron chi connectivity index (χ4n) is 7.08. The molecule has 0 spiro atoms. The maximum Gasteiger partial charge on any atom is 0.131 e. The summed E-state index contributed by atoms with van der Waals surface area (Å²) in [5.74, 6) is 0.482. The van der Waals surface area contributed by atoms with Gasteiger partial charge in [-0.2, -0.15) is 0 Å². The molecular formula is C45H32N4. The summed E-state index contributed by atoms with van der Waals surface area (Å²) in [6, 6.07) is 61.5. The second-order valence-electron chi connectivity index (χ2n) is 12.2. The van der Waals surface area contributed by atoms with Gasteiger partial charge in [0.2, 0.25) is 0 Å². The largest absolute Gasteiger partial charge is 0.383 e. The quantitative estimate of drug-likeness (QED) is 0.111. The van der Waals surface area contributed by atoms with Gasteiger partial charge in [-0.3, -0.25) is 0 Å². The highest BCUT2D eigenvalue weighted by Gasteiger charge is 2.20. The van der Waals surface area contributed by atoms with Crippen molar-refractivity contribution in [2.75, 3.05) is 0 Å². The average molecular weight is 629 g/mol. The first-order valence-electron chi connectivity index (χ1n) is 16.5. The van der Waals surface area contributed by atoms with Crippen LogP contribution < -0.4 is 5.73 Å². The molecule has 0 atom stereocenters. The zero-order valence-electron chi connectivity index (χ0n) is 26.7. The summed E-state index contributed by atoms with van der Waals surface area (Å²) in [5.41, 5.74) is 17.2. The monoisotopic (exact) mass is 628 g/mol. The summed E-state index contributed by atoms with van der Waals surface area (Å²) in [5, 5.41) is 4.93. The number of nitrogens with zero attached hydrogens (tertiary/aromatic N) is 3. The summed E-state index contributed by atoms with van der Waals surface area (Å²) in [6.45, 7) is 0. The zero-order valence-corrected chi connectivity index (χ0v) is 26.7. The van der Waals surface area contributed by atoms with Crippen molar-refractivity contribution in [1.29, 1.82) is 0 Å². The maximum atomic E-state index is 6.51. The van der Waals surface area contributed by atoms with E-state index in [0.717, 1.165) is 33.8 Å². The van der Waals surface area contributed by atoms with Crippen LogP contribution in [0.15, 0.2) is 181 Å². The van der Waals surface area contributed by atoms with Crippen LogP contribution in [0.4, 0.5) is 0 Å². The molecular weight excluding hydrogens is 597 g/mol. The number of benzene rings is 7. The van der Waals surface area contributed by atoms with Gasteiger partial charge in [0.15, 0.2) is 0 Å². The van der Waals surface area contributed by atoms with Crippen molar-refractivity contribution in [2.45, 2.75) is 0 Å². The topological polar surface area (TPSA) is 48.2 Å². The zero-order chi connectivity index (χ0) is 32.7. The number of aromatic nitrogens is 2. The molecule has 0 saturated heterocycles. The summed E-state index contributed by atoms with van der Waals surface area (Å²) < 4.78 is 4.84. The third-order valence-corrected chi connectivity index (χ3v) is 9.32. The molecule has 0 radical (unpaired) electrons. The van der Waals surface area contributed by atoms with Crippen LogP contribution in [0, 0.1) is 0 Å². The fourth-order valence-corrected chi connectivity index (χ4v) is 7.08. The van der Waals surface area contributed by atoms with Crippen LogP contribution >= 0.6 is 0 Å². The molecule has 232 valence electrons. The minimum absolute atomic E-state index is 0.482. The van der Waals surface area contributed by atoms with Gasteiger partial charge >= 0.3 is 0 Å². The van der Waals surface area contributed by atoms with Gasteiger partial charge in [0, 0.05) is 44.0 Å². The smallest absolute Gasteiger partial charge is 0.131 e. The van der Waals surface area contributed by atoms with Gasteiger partial charge in [-0.1, -0.05) is 140 Å². The Morgan fingerprint density at radius 3 is 1.43 bits per heavy atom. The molecule has 0 saturated carbocycles. The van der Waals surface area contributed by atoms with Gasteiger partial charge in [-0.25, -0.2) is 4.99 Å². The molecule has 4 nitrogen and oxygen atoms in total. The van der Waals surface area contributed by atoms with E-state index >= 15 is 0 Å². The minimum atomic E-state index is 0.482. The molecule has 49 heavy (non-hydrogen) atoms. The lowest BCUT2D eigenvalue weighted by molar-refractivity contribution is 1.15. The normalized spacial score (nSPS) is 12.4. The molecule has 0 aliphatic rings. The Kier molecular flexibility index (Phi) is 6.91. The van der Waals surface area contributed by atoms with Gasteiger partial charge in [0.1, 0.15) is 5.84 Å². The third kappa shape index (κ3) is 4.90. The summed E-state index contributed by atoms with van der Waals surface area (Å²) in [7, 11) is 0. The molecule has 0 amide bonds. The van der Waals surface area contributed by atoms with Crippen molar-refractivity contribution in [3.8, 4) is 11.4 Å². The molecule has 2 N–H and O–H groups in total. The highest BCUT2D eigenvalue weighted by atomic mass is 15.0. The molecule has 0 unspecified atom stereocenters. The summed E-state index contributed by atoms with van der Waals surface area (Å²) >= 11 is 0. The lowest BCUT2D eigenvalue weighted by Crippen LogP contribution is -2.13. The van der Waals surface area contributed by atoms with Crippen LogP contribution in [0.1, 0.15) is 16.7 Å². The molecule has 7 aromatic carbocycles. The highest BCUT2D eigenvalue weighted by molar-refractivity contribution is 6.23. The van der Waals surface area contributed by atoms with E-state index in [2.05, 4.69) is 143 Å². The highest BCUT2D eigenvalue weighted by Crippen LogP contribution is 2.41. The van der Waals surface area contributed by atoms with Crippen LogP contribution in [0.25, 0.3) is 66.8 Å². The molecule has 2 heterocycles. The van der Waals surface area contributed by atoms with Gasteiger partial charge in [0.05, 0.1) is 27.8 Å². The number of hydrogen-bond acceptors (Lipinski definition) is 1. The number of aliphatic imine (C=N–C) groups is 1. The molecule has 9 rings (SSSR count). The van der Waals surface area contributed by atoms with Crippen LogP contribution in [0.5, 0.6) is 0 Å². The average Bonchev–Trinajstić information content (AvgIpc) is 3.69. The van der Waals surface area contributed by atoms with E-state index in [1.54, 1.807) is 0 Å². The summed E-state index contributed by atoms with van der Waals surface area (Å²) in [4.78, 5) is 4.91. The Hall–Kier alpha value is -6.65. The van der Waals surface area contributed by atoms with Gasteiger partial charge in [-0.15, -0.1) is 0 Å². The number of amidine groups is 1. The van der Waals surface area contributed by atoms with E-state index in [4.69, 9.17) is 10.7 Å². The fraction of sp³-hybridized carbons (Fsp3) is 0. The number of para-hydroxylation sites is 3. The van der Waals surface area contributed by atoms with Crippen LogP contribution in [-0.2, 0) is 0 Å². The van der Waals surface area contributed by atoms with Crippen LogP contribution in [-0.4, -0.2) is 15.0 Å². The second-order valence-corrected chi connectivity index (χ2v) is 12.2. The Balaban J connectivity index is 1.26. The molecule has 4 heteroatoms. The maximum absolute atomic E-state index is 6.51. The molecule has 0 bridgehead atoms. The van der Waals surface area contributed by atoms with Crippen molar-refractivity contribution < 1.29 is 0 Å². The van der Waals surface area contributed by atoms with Crippen molar-refractivity contribution >= 4 is 61.2 Å². The van der Waals surface area contributed by atoms with E-state index in [9.17, 15) is 0 Å². The molecule has 0 aliphatic heterocycles. The summed E-state index contributed by atoms with van der Waals surface area (Å²) in [6.07, 6.45) is 2.10. The second kappa shape index (κ2) is 11.9. The minimum Gasteiger partial charge on any atom is -0.383 e. The first-order chi connectivity index (χ1) is 24.2. The first kappa shape index (κ1) is 28.6. The lowest BCUT2D eigenvalue weighted by atomic mass is 10.1.